The number of nitrogens with one attached hydrogen (secondary N) is 2. The second kappa shape index (κ2) is 8.36. The number of fused-ring (bicyclic) bond motifs is 2. The molecule has 0 unspecified atom stereocenters. The second-order valence-corrected chi connectivity index (χ2v) is 8.75. The summed E-state index contributed by atoms with van der Waals surface area (Å²) >= 11 is 6.13. The van der Waals surface area contributed by atoms with Crippen molar-refractivity contribution >= 4 is 39.3 Å². The lowest BCUT2D eigenvalue weighted by Crippen LogP contribution is -2.56. The van der Waals surface area contributed by atoms with E-state index in [9.17, 15) is 4.79 Å². The molecule has 5 rings (SSSR count). The van der Waals surface area contributed by atoms with Gasteiger partial charge in [-0.25, -0.2) is 0 Å². The van der Waals surface area contributed by atoms with Crippen LogP contribution in [0.3, 0.4) is 0 Å². The van der Waals surface area contributed by atoms with Gasteiger partial charge in [0, 0.05) is 70.2 Å². The van der Waals surface area contributed by atoms with E-state index in [2.05, 4.69) is 38.9 Å². The number of benzene rings is 1. The molecule has 4 aromatic rings. The normalized spacial score (nSPS) is 17.8. The first-order valence-electron chi connectivity index (χ1n) is 10.8. The van der Waals surface area contributed by atoms with E-state index in [-0.39, 0.29) is 11.9 Å². The minimum atomic E-state index is -0.0974. The van der Waals surface area contributed by atoms with Crippen LogP contribution in [0.5, 0.6) is 0 Å². The Morgan fingerprint density at radius 3 is 2.61 bits per heavy atom. The number of aromatic amines is 2. The highest BCUT2D eigenvalue weighted by atomic mass is 35.5. The molecule has 0 radical (unpaired) electrons. The van der Waals surface area contributed by atoms with Crippen LogP contribution in [0.1, 0.15) is 31.2 Å². The standard InChI is InChI=1S/C24H26ClN5O/c1-2-3-23-24(31)30(15-20-12-17-13-26-7-6-22(17)28-20)9-8-29(23)14-19-11-16-10-18(25)4-5-21(16)27-19/h4-7,10-13,23,27-28H,2-3,8-9,14-15H2,1H3/t23-/m0/s1. The van der Waals surface area contributed by atoms with Crippen LogP contribution in [-0.2, 0) is 17.9 Å². The minimum Gasteiger partial charge on any atom is -0.357 e. The summed E-state index contributed by atoms with van der Waals surface area (Å²) in [6, 6.07) is 12.0. The number of hydrogen-bond donors (Lipinski definition) is 2. The lowest BCUT2D eigenvalue weighted by molar-refractivity contribution is -0.143. The zero-order valence-electron chi connectivity index (χ0n) is 17.6. The summed E-state index contributed by atoms with van der Waals surface area (Å²) in [7, 11) is 0. The maximum Gasteiger partial charge on any atom is 0.240 e. The molecular formula is C24H26ClN5O. The number of pyridine rings is 1. The van der Waals surface area contributed by atoms with E-state index in [4.69, 9.17) is 11.6 Å². The van der Waals surface area contributed by atoms with Crippen LogP contribution in [0.4, 0.5) is 0 Å². The van der Waals surface area contributed by atoms with Gasteiger partial charge < -0.3 is 14.9 Å². The highest BCUT2D eigenvalue weighted by molar-refractivity contribution is 6.31. The number of piperazine rings is 1. The molecule has 3 aromatic heterocycles. The number of rotatable bonds is 6. The van der Waals surface area contributed by atoms with Crippen LogP contribution in [0.15, 0.2) is 48.8 Å². The van der Waals surface area contributed by atoms with Crippen LogP contribution in [0.25, 0.3) is 21.8 Å². The van der Waals surface area contributed by atoms with E-state index >= 15 is 0 Å². The molecule has 1 aliphatic heterocycles. The smallest absolute Gasteiger partial charge is 0.240 e. The van der Waals surface area contributed by atoms with Gasteiger partial charge in [0.2, 0.25) is 5.91 Å². The van der Waals surface area contributed by atoms with Crippen molar-refractivity contribution in [2.75, 3.05) is 13.1 Å². The summed E-state index contributed by atoms with van der Waals surface area (Å²) in [5, 5.41) is 2.92. The Labute approximate surface area is 186 Å². The van der Waals surface area contributed by atoms with E-state index in [1.54, 1.807) is 6.20 Å². The van der Waals surface area contributed by atoms with Gasteiger partial charge in [-0.05, 0) is 42.8 Å². The number of carbonyl (C=O) groups is 1. The Morgan fingerprint density at radius 1 is 1.03 bits per heavy atom. The van der Waals surface area contributed by atoms with Crippen LogP contribution < -0.4 is 0 Å². The van der Waals surface area contributed by atoms with Crippen molar-refractivity contribution in [1.82, 2.24) is 24.8 Å². The highest BCUT2D eigenvalue weighted by Crippen LogP contribution is 2.24. The Morgan fingerprint density at radius 2 is 1.81 bits per heavy atom. The van der Waals surface area contributed by atoms with Crippen molar-refractivity contribution in [3.8, 4) is 0 Å². The molecule has 1 fully saturated rings. The molecule has 2 N–H and O–H groups in total. The van der Waals surface area contributed by atoms with Gasteiger partial charge in [0.15, 0.2) is 0 Å². The minimum absolute atomic E-state index is 0.0974. The first-order valence-corrected chi connectivity index (χ1v) is 11.2. The molecule has 1 aliphatic rings. The van der Waals surface area contributed by atoms with Crippen molar-refractivity contribution in [2.24, 2.45) is 0 Å². The van der Waals surface area contributed by atoms with Crippen LogP contribution in [0, 0.1) is 0 Å². The lowest BCUT2D eigenvalue weighted by atomic mass is 10.0. The van der Waals surface area contributed by atoms with E-state index in [0.29, 0.717) is 6.54 Å². The molecule has 7 heteroatoms. The Bertz CT molecular complexity index is 1200. The van der Waals surface area contributed by atoms with Gasteiger partial charge in [-0.3, -0.25) is 14.7 Å². The molecule has 0 spiro atoms. The maximum atomic E-state index is 13.4. The quantitative estimate of drug-likeness (QED) is 0.460. The van der Waals surface area contributed by atoms with E-state index in [0.717, 1.165) is 70.7 Å². The average Bonchev–Trinajstić information content (AvgIpc) is 3.35. The number of H-pyrrole nitrogens is 2. The summed E-state index contributed by atoms with van der Waals surface area (Å²) in [5.74, 6) is 0.212. The largest absolute Gasteiger partial charge is 0.357 e. The maximum absolute atomic E-state index is 13.4. The highest BCUT2D eigenvalue weighted by Gasteiger charge is 2.34. The molecule has 0 saturated carbocycles. The number of nitrogens with zero attached hydrogens (tertiary/aromatic N) is 3. The van der Waals surface area contributed by atoms with Gasteiger partial charge in [-0.15, -0.1) is 0 Å². The van der Waals surface area contributed by atoms with Gasteiger partial charge in [0.1, 0.15) is 0 Å². The molecule has 1 aromatic carbocycles. The van der Waals surface area contributed by atoms with Gasteiger partial charge in [0.25, 0.3) is 0 Å². The molecule has 1 amide bonds. The third-order valence-electron chi connectivity index (χ3n) is 6.11. The molecule has 31 heavy (non-hydrogen) atoms. The zero-order chi connectivity index (χ0) is 21.4. The Hall–Kier alpha value is -2.83. The van der Waals surface area contributed by atoms with Gasteiger partial charge >= 0.3 is 0 Å². The first-order chi connectivity index (χ1) is 15.1. The Kier molecular flexibility index (Phi) is 5.42. The third-order valence-corrected chi connectivity index (χ3v) is 6.34. The number of halogens is 1. The molecule has 0 aliphatic carbocycles. The van der Waals surface area contributed by atoms with Crippen LogP contribution in [0.2, 0.25) is 5.02 Å². The van der Waals surface area contributed by atoms with Crippen molar-refractivity contribution in [2.45, 2.75) is 38.9 Å². The fraction of sp³-hybridized carbons (Fsp3) is 0.333. The SMILES string of the molecule is CCC[C@H]1C(=O)N(Cc2cc3cnccc3[nH]2)CCN1Cc1cc2cc(Cl)ccc2[nH]1. The number of hydrogen-bond acceptors (Lipinski definition) is 3. The molecular weight excluding hydrogens is 410 g/mol. The molecule has 160 valence electrons. The molecule has 6 nitrogen and oxygen atoms in total. The molecule has 1 saturated heterocycles. The zero-order valence-corrected chi connectivity index (χ0v) is 18.3. The van der Waals surface area contributed by atoms with E-state index < -0.39 is 0 Å². The van der Waals surface area contributed by atoms with Crippen molar-refractivity contribution in [1.29, 1.82) is 0 Å². The lowest BCUT2D eigenvalue weighted by Gasteiger charge is -2.40. The summed E-state index contributed by atoms with van der Waals surface area (Å²) < 4.78 is 0. The predicted octanol–water partition coefficient (Wildman–Crippen LogP) is 4.71. The van der Waals surface area contributed by atoms with Crippen molar-refractivity contribution < 1.29 is 4.79 Å². The fourth-order valence-corrected chi connectivity index (χ4v) is 4.78. The number of carbonyl (C=O) groups excluding carboxylic acids is 1. The summed E-state index contributed by atoms with van der Waals surface area (Å²) in [6.45, 7) is 5.05. The Balaban J connectivity index is 1.32. The van der Waals surface area contributed by atoms with Crippen molar-refractivity contribution in [3.63, 3.8) is 0 Å². The van der Waals surface area contributed by atoms with Crippen LogP contribution >= 0.6 is 11.6 Å². The van der Waals surface area contributed by atoms with E-state index in [1.807, 2.05) is 35.4 Å². The van der Waals surface area contributed by atoms with E-state index in [1.165, 1.54) is 0 Å². The summed E-state index contributed by atoms with van der Waals surface area (Å²) in [5.41, 5.74) is 4.29. The van der Waals surface area contributed by atoms with Gasteiger partial charge in [0.05, 0.1) is 12.6 Å². The first kappa shape index (κ1) is 20.1. The molecule has 0 bridgehead atoms. The predicted molar refractivity (Wildman–Crippen MR) is 124 cm³/mol. The fourth-order valence-electron chi connectivity index (χ4n) is 4.60. The average molecular weight is 436 g/mol. The van der Waals surface area contributed by atoms with Crippen molar-refractivity contribution in [3.05, 3.63) is 65.2 Å². The second-order valence-electron chi connectivity index (χ2n) is 8.32. The monoisotopic (exact) mass is 435 g/mol. The number of aromatic nitrogens is 3. The molecule has 4 heterocycles. The summed E-state index contributed by atoms with van der Waals surface area (Å²) in [6.07, 6.45) is 5.46. The molecule has 1 atom stereocenters. The van der Waals surface area contributed by atoms with Crippen LogP contribution in [-0.4, -0.2) is 49.8 Å². The summed E-state index contributed by atoms with van der Waals surface area (Å²) in [4.78, 5) is 28.8. The number of amides is 1. The van der Waals surface area contributed by atoms with Gasteiger partial charge in [-0.1, -0.05) is 24.9 Å². The van der Waals surface area contributed by atoms with Gasteiger partial charge in [-0.2, -0.15) is 0 Å². The third kappa shape index (κ3) is 4.05. The topological polar surface area (TPSA) is 68.0 Å².